The predicted octanol–water partition coefficient (Wildman–Crippen LogP) is 4.96. The fourth-order valence-electron chi connectivity index (χ4n) is 2.24. The minimum atomic E-state index is -0.125. The number of benzene rings is 2. The van der Waals surface area contributed by atoms with Crippen molar-refractivity contribution in [3.63, 3.8) is 0 Å². The number of hydrogen-bond donors (Lipinski definition) is 1. The van der Waals surface area contributed by atoms with Gasteiger partial charge >= 0.3 is 0 Å². The highest BCUT2D eigenvalue weighted by Crippen LogP contribution is 2.23. The lowest BCUT2D eigenvalue weighted by Crippen LogP contribution is -2.15. The van der Waals surface area contributed by atoms with Gasteiger partial charge in [0.1, 0.15) is 5.69 Å². The molecule has 21 heavy (non-hydrogen) atoms. The van der Waals surface area contributed by atoms with Gasteiger partial charge in [0.25, 0.3) is 5.91 Å². The smallest absolute Gasteiger partial charge is 0.272 e. The molecule has 5 heteroatoms. The van der Waals surface area contributed by atoms with Gasteiger partial charge in [-0.1, -0.05) is 28.1 Å². The number of nitrogens with zero attached hydrogens (tertiary/aromatic N) is 1. The second-order valence-corrected chi connectivity index (χ2v) is 6.65. The molecule has 0 atom stereocenters. The largest absolute Gasteiger partial charge is 0.345 e. The number of halogens is 2. The van der Waals surface area contributed by atoms with Crippen molar-refractivity contribution in [2.24, 2.45) is 7.05 Å². The SMILES string of the molecule is Cn1cc(Br)cc1C(=O)Nc1ccc2cc(Br)ccc2c1. The molecule has 0 aliphatic carbocycles. The molecule has 1 N–H and O–H groups in total. The Morgan fingerprint density at radius 3 is 2.43 bits per heavy atom. The zero-order valence-corrected chi connectivity index (χ0v) is 14.4. The molecular formula is C16H12Br2N2O. The van der Waals surface area contributed by atoms with Crippen LogP contribution in [0.4, 0.5) is 5.69 Å². The monoisotopic (exact) mass is 406 g/mol. The third kappa shape index (κ3) is 3.04. The summed E-state index contributed by atoms with van der Waals surface area (Å²) in [6.45, 7) is 0. The number of carbonyl (C=O) groups is 1. The molecule has 0 saturated heterocycles. The first-order valence-corrected chi connectivity index (χ1v) is 7.94. The first-order valence-electron chi connectivity index (χ1n) is 6.35. The van der Waals surface area contributed by atoms with Gasteiger partial charge in [-0.25, -0.2) is 0 Å². The maximum absolute atomic E-state index is 12.3. The molecule has 1 amide bonds. The summed E-state index contributed by atoms with van der Waals surface area (Å²) in [4.78, 5) is 12.3. The number of aryl methyl sites for hydroxylation is 1. The number of fused-ring (bicyclic) bond motifs is 1. The molecule has 3 nitrogen and oxygen atoms in total. The van der Waals surface area contributed by atoms with Gasteiger partial charge in [0.15, 0.2) is 0 Å². The molecule has 0 fully saturated rings. The highest BCUT2D eigenvalue weighted by Gasteiger charge is 2.11. The van der Waals surface area contributed by atoms with Crippen LogP contribution in [-0.2, 0) is 7.05 Å². The molecule has 0 aliphatic rings. The van der Waals surface area contributed by atoms with E-state index >= 15 is 0 Å². The van der Waals surface area contributed by atoms with Crippen LogP contribution in [0.2, 0.25) is 0 Å². The normalized spacial score (nSPS) is 10.8. The predicted molar refractivity (Wildman–Crippen MR) is 92.7 cm³/mol. The lowest BCUT2D eigenvalue weighted by molar-refractivity contribution is 0.101. The Morgan fingerprint density at radius 2 is 1.71 bits per heavy atom. The molecule has 1 heterocycles. The fourth-order valence-corrected chi connectivity index (χ4v) is 3.14. The Balaban J connectivity index is 1.89. The van der Waals surface area contributed by atoms with Gasteiger partial charge < -0.3 is 9.88 Å². The van der Waals surface area contributed by atoms with Crippen molar-refractivity contribution in [1.82, 2.24) is 4.57 Å². The molecule has 2 aromatic carbocycles. The summed E-state index contributed by atoms with van der Waals surface area (Å²) >= 11 is 6.83. The van der Waals surface area contributed by atoms with Crippen LogP contribution in [0.1, 0.15) is 10.5 Å². The van der Waals surface area contributed by atoms with Crippen molar-refractivity contribution in [1.29, 1.82) is 0 Å². The van der Waals surface area contributed by atoms with Gasteiger partial charge in [0.2, 0.25) is 0 Å². The zero-order chi connectivity index (χ0) is 15.0. The summed E-state index contributed by atoms with van der Waals surface area (Å²) in [7, 11) is 1.84. The summed E-state index contributed by atoms with van der Waals surface area (Å²) < 4.78 is 3.72. The molecule has 0 bridgehead atoms. The van der Waals surface area contributed by atoms with Crippen LogP contribution in [0.3, 0.4) is 0 Å². The van der Waals surface area contributed by atoms with E-state index in [9.17, 15) is 4.79 Å². The van der Waals surface area contributed by atoms with Crippen LogP contribution in [0.5, 0.6) is 0 Å². The Hall–Kier alpha value is -1.59. The van der Waals surface area contributed by atoms with Crippen molar-refractivity contribution in [3.05, 3.63) is 63.3 Å². The molecule has 1 aromatic heterocycles. The third-order valence-corrected chi connectivity index (χ3v) is 4.19. The van der Waals surface area contributed by atoms with Crippen molar-refractivity contribution < 1.29 is 4.79 Å². The van der Waals surface area contributed by atoms with Gasteiger partial charge in [0.05, 0.1) is 0 Å². The van der Waals surface area contributed by atoms with Gasteiger partial charge in [-0.15, -0.1) is 0 Å². The minimum absolute atomic E-state index is 0.125. The van der Waals surface area contributed by atoms with Crippen molar-refractivity contribution >= 4 is 54.2 Å². The van der Waals surface area contributed by atoms with Crippen LogP contribution in [0, 0.1) is 0 Å². The number of amides is 1. The Bertz CT molecular complexity index is 839. The van der Waals surface area contributed by atoms with Crippen molar-refractivity contribution in [2.75, 3.05) is 5.32 Å². The number of aromatic nitrogens is 1. The Kier molecular flexibility index (Phi) is 3.87. The standard InChI is InChI=1S/C16H12Br2N2O/c1-20-9-13(18)8-15(20)16(21)19-14-5-3-10-6-12(17)4-2-11(10)7-14/h2-9H,1H3,(H,19,21). The average molecular weight is 408 g/mol. The van der Waals surface area contributed by atoms with Crippen molar-refractivity contribution in [2.45, 2.75) is 0 Å². The maximum Gasteiger partial charge on any atom is 0.272 e. The van der Waals surface area contributed by atoms with Crippen LogP contribution in [0.15, 0.2) is 57.6 Å². The van der Waals surface area contributed by atoms with E-state index in [0.717, 1.165) is 25.4 Å². The van der Waals surface area contributed by atoms with Gasteiger partial charge in [-0.3, -0.25) is 4.79 Å². The summed E-state index contributed by atoms with van der Waals surface area (Å²) in [5, 5.41) is 5.14. The highest BCUT2D eigenvalue weighted by molar-refractivity contribution is 9.10. The molecular weight excluding hydrogens is 396 g/mol. The van der Waals surface area contributed by atoms with E-state index in [1.165, 1.54) is 0 Å². The average Bonchev–Trinajstić information content (AvgIpc) is 2.78. The van der Waals surface area contributed by atoms with E-state index in [1.807, 2.05) is 43.6 Å². The molecule has 3 rings (SSSR count). The number of rotatable bonds is 2. The summed E-state index contributed by atoms with van der Waals surface area (Å²) in [6.07, 6.45) is 1.85. The molecule has 3 aromatic rings. The van der Waals surface area contributed by atoms with Crippen LogP contribution in [-0.4, -0.2) is 10.5 Å². The lowest BCUT2D eigenvalue weighted by Gasteiger charge is -2.07. The fraction of sp³-hybridized carbons (Fsp3) is 0.0625. The molecule has 0 radical (unpaired) electrons. The number of carbonyl (C=O) groups excluding carboxylic acids is 1. The number of anilines is 1. The van der Waals surface area contributed by atoms with E-state index in [4.69, 9.17) is 0 Å². The van der Waals surface area contributed by atoms with Crippen LogP contribution < -0.4 is 5.32 Å². The molecule has 106 valence electrons. The minimum Gasteiger partial charge on any atom is -0.345 e. The molecule has 0 aliphatic heterocycles. The maximum atomic E-state index is 12.3. The summed E-state index contributed by atoms with van der Waals surface area (Å²) in [5.74, 6) is -0.125. The number of nitrogens with one attached hydrogen (secondary N) is 1. The lowest BCUT2D eigenvalue weighted by atomic mass is 10.1. The quantitative estimate of drug-likeness (QED) is 0.640. The van der Waals surface area contributed by atoms with E-state index < -0.39 is 0 Å². The topological polar surface area (TPSA) is 34.0 Å². The van der Waals surface area contributed by atoms with Crippen molar-refractivity contribution in [3.8, 4) is 0 Å². The summed E-state index contributed by atoms with van der Waals surface area (Å²) in [6, 6.07) is 13.7. The second-order valence-electron chi connectivity index (χ2n) is 4.81. The third-order valence-electron chi connectivity index (χ3n) is 3.26. The van der Waals surface area contributed by atoms with Crippen LogP contribution >= 0.6 is 31.9 Å². The molecule has 0 spiro atoms. The molecule has 0 unspecified atom stereocenters. The van der Waals surface area contributed by atoms with Crippen LogP contribution in [0.25, 0.3) is 10.8 Å². The van der Waals surface area contributed by atoms with E-state index in [2.05, 4.69) is 43.2 Å². The number of hydrogen-bond acceptors (Lipinski definition) is 1. The van der Waals surface area contributed by atoms with E-state index in [1.54, 1.807) is 10.6 Å². The van der Waals surface area contributed by atoms with Gasteiger partial charge in [0, 0.05) is 27.9 Å². The first-order chi connectivity index (χ1) is 10.0. The first kappa shape index (κ1) is 14.4. The van der Waals surface area contributed by atoms with E-state index in [-0.39, 0.29) is 5.91 Å². The highest BCUT2D eigenvalue weighted by atomic mass is 79.9. The van der Waals surface area contributed by atoms with Gasteiger partial charge in [-0.05, 0) is 57.0 Å². The molecule has 0 saturated carbocycles. The Morgan fingerprint density at radius 1 is 1.00 bits per heavy atom. The zero-order valence-electron chi connectivity index (χ0n) is 11.2. The van der Waals surface area contributed by atoms with Gasteiger partial charge in [-0.2, -0.15) is 0 Å². The Labute approximate surface area is 139 Å². The van der Waals surface area contributed by atoms with E-state index in [0.29, 0.717) is 5.69 Å². The summed E-state index contributed by atoms with van der Waals surface area (Å²) in [5.41, 5.74) is 1.39. The second kappa shape index (κ2) is 5.66.